The van der Waals surface area contributed by atoms with Crippen LogP contribution < -0.4 is 5.32 Å². The van der Waals surface area contributed by atoms with E-state index in [4.69, 9.17) is 5.26 Å². The highest BCUT2D eigenvalue weighted by atomic mass is 32.1. The van der Waals surface area contributed by atoms with Gasteiger partial charge in [0.2, 0.25) is 0 Å². The van der Waals surface area contributed by atoms with Crippen molar-refractivity contribution in [3.8, 4) is 6.07 Å². The van der Waals surface area contributed by atoms with Crippen molar-refractivity contribution in [1.29, 1.82) is 5.26 Å². The molecule has 4 heteroatoms. The monoisotopic (exact) mass is 180 g/mol. The number of nitrogens with one attached hydrogen (secondary N) is 1. The van der Waals surface area contributed by atoms with E-state index >= 15 is 0 Å². The van der Waals surface area contributed by atoms with Gasteiger partial charge in [0.25, 0.3) is 5.91 Å². The second-order valence-corrected chi connectivity index (χ2v) is 3.05. The summed E-state index contributed by atoms with van der Waals surface area (Å²) in [6.45, 7) is 2.43. The number of nitrogens with zero attached hydrogens (tertiary/aromatic N) is 1. The van der Waals surface area contributed by atoms with Crippen LogP contribution >= 0.6 is 11.3 Å². The topological polar surface area (TPSA) is 52.9 Å². The molecule has 1 heterocycles. The van der Waals surface area contributed by atoms with Crippen molar-refractivity contribution < 1.29 is 4.79 Å². The number of carbonyl (C=O) groups excluding carboxylic acids is 1. The standard InChI is InChI=1S/C8H8N2OS/c1-2-10-8(11)7-6(5-9)3-4-12-7/h3-4H,2H2,1H3,(H,10,11). The van der Waals surface area contributed by atoms with E-state index in [0.717, 1.165) is 0 Å². The van der Waals surface area contributed by atoms with Gasteiger partial charge in [-0.25, -0.2) is 0 Å². The zero-order valence-electron chi connectivity index (χ0n) is 6.63. The van der Waals surface area contributed by atoms with Gasteiger partial charge in [0, 0.05) is 6.54 Å². The SMILES string of the molecule is CCNC(=O)c1sccc1C#N. The van der Waals surface area contributed by atoms with Crippen LogP contribution in [0, 0.1) is 11.3 Å². The second-order valence-electron chi connectivity index (χ2n) is 2.13. The molecule has 0 aliphatic carbocycles. The van der Waals surface area contributed by atoms with E-state index in [1.165, 1.54) is 11.3 Å². The molecule has 1 amide bonds. The molecule has 0 aliphatic rings. The molecular weight excluding hydrogens is 172 g/mol. The summed E-state index contributed by atoms with van der Waals surface area (Å²) in [4.78, 5) is 11.7. The van der Waals surface area contributed by atoms with Gasteiger partial charge in [-0.05, 0) is 18.4 Å². The van der Waals surface area contributed by atoms with Crippen molar-refractivity contribution >= 4 is 17.2 Å². The molecule has 0 saturated heterocycles. The largest absolute Gasteiger partial charge is 0.352 e. The minimum absolute atomic E-state index is 0.163. The Bertz CT molecular complexity index is 324. The lowest BCUT2D eigenvalue weighted by Gasteiger charge is -1.97. The Morgan fingerprint density at radius 3 is 3.17 bits per heavy atom. The van der Waals surface area contributed by atoms with Crippen LogP contribution in [0.15, 0.2) is 11.4 Å². The fourth-order valence-electron chi connectivity index (χ4n) is 0.814. The average molecular weight is 180 g/mol. The molecule has 0 radical (unpaired) electrons. The Labute approximate surface area is 74.6 Å². The molecule has 1 rings (SSSR count). The van der Waals surface area contributed by atoms with Crippen LogP contribution in [0.3, 0.4) is 0 Å². The minimum Gasteiger partial charge on any atom is -0.352 e. The predicted octanol–water partition coefficient (Wildman–Crippen LogP) is 1.37. The molecule has 0 fully saturated rings. The first-order valence-corrected chi connectivity index (χ1v) is 4.43. The molecule has 0 aromatic carbocycles. The molecule has 0 spiro atoms. The second kappa shape index (κ2) is 3.88. The van der Waals surface area contributed by atoms with Gasteiger partial charge in [-0.2, -0.15) is 5.26 Å². The molecule has 1 N–H and O–H groups in total. The number of carbonyl (C=O) groups is 1. The first kappa shape index (κ1) is 8.75. The summed E-state index contributed by atoms with van der Waals surface area (Å²) in [7, 11) is 0. The van der Waals surface area contributed by atoms with Crippen molar-refractivity contribution in [3.05, 3.63) is 21.9 Å². The molecule has 0 saturated carbocycles. The molecule has 62 valence electrons. The first-order valence-electron chi connectivity index (χ1n) is 3.55. The number of rotatable bonds is 2. The molecule has 0 bridgehead atoms. The normalized spacial score (nSPS) is 9.00. The molecule has 0 aliphatic heterocycles. The van der Waals surface area contributed by atoms with Crippen LogP contribution in [0.4, 0.5) is 0 Å². The van der Waals surface area contributed by atoms with Crippen molar-refractivity contribution in [2.45, 2.75) is 6.92 Å². The Balaban J connectivity index is 2.88. The molecule has 1 aromatic heterocycles. The highest BCUT2D eigenvalue weighted by Gasteiger charge is 2.10. The minimum atomic E-state index is -0.163. The van der Waals surface area contributed by atoms with Crippen LogP contribution in [0.25, 0.3) is 0 Å². The summed E-state index contributed by atoms with van der Waals surface area (Å²) in [5.74, 6) is -0.163. The van der Waals surface area contributed by atoms with E-state index in [9.17, 15) is 4.79 Å². The van der Waals surface area contributed by atoms with E-state index in [1.807, 2.05) is 13.0 Å². The summed E-state index contributed by atoms with van der Waals surface area (Å²) in [6.07, 6.45) is 0. The number of amides is 1. The third-order valence-electron chi connectivity index (χ3n) is 1.33. The number of thiophene rings is 1. The Kier molecular flexibility index (Phi) is 2.83. The molecule has 0 unspecified atom stereocenters. The molecule has 0 atom stereocenters. The Hall–Kier alpha value is -1.34. The van der Waals surface area contributed by atoms with Gasteiger partial charge in [0.1, 0.15) is 10.9 Å². The van der Waals surface area contributed by atoms with Gasteiger partial charge < -0.3 is 5.32 Å². The summed E-state index contributed by atoms with van der Waals surface area (Å²) in [5.41, 5.74) is 0.450. The lowest BCUT2D eigenvalue weighted by molar-refractivity contribution is 0.0959. The first-order chi connectivity index (χ1) is 5.79. The molecular formula is C8H8N2OS. The van der Waals surface area contributed by atoms with Crippen LogP contribution in [-0.4, -0.2) is 12.5 Å². The van der Waals surface area contributed by atoms with E-state index in [-0.39, 0.29) is 5.91 Å². The molecule has 3 nitrogen and oxygen atoms in total. The van der Waals surface area contributed by atoms with E-state index in [2.05, 4.69) is 5.32 Å². The number of hydrogen-bond acceptors (Lipinski definition) is 3. The summed E-state index contributed by atoms with van der Waals surface area (Å²) < 4.78 is 0. The predicted molar refractivity (Wildman–Crippen MR) is 47.0 cm³/mol. The van der Waals surface area contributed by atoms with Crippen LogP contribution in [-0.2, 0) is 0 Å². The fraction of sp³-hybridized carbons (Fsp3) is 0.250. The maximum absolute atomic E-state index is 11.2. The van der Waals surface area contributed by atoms with Gasteiger partial charge in [0.05, 0.1) is 5.56 Å². The highest BCUT2D eigenvalue weighted by Crippen LogP contribution is 2.14. The van der Waals surface area contributed by atoms with Crippen molar-refractivity contribution in [2.24, 2.45) is 0 Å². The number of hydrogen-bond donors (Lipinski definition) is 1. The van der Waals surface area contributed by atoms with Gasteiger partial charge in [0.15, 0.2) is 0 Å². The zero-order valence-corrected chi connectivity index (χ0v) is 7.44. The highest BCUT2D eigenvalue weighted by molar-refractivity contribution is 7.12. The van der Waals surface area contributed by atoms with Crippen LogP contribution in [0.5, 0.6) is 0 Å². The fourth-order valence-corrected chi connectivity index (χ4v) is 1.57. The van der Waals surface area contributed by atoms with Crippen LogP contribution in [0.1, 0.15) is 22.2 Å². The van der Waals surface area contributed by atoms with Crippen molar-refractivity contribution in [1.82, 2.24) is 5.32 Å². The Morgan fingerprint density at radius 2 is 2.58 bits per heavy atom. The van der Waals surface area contributed by atoms with E-state index < -0.39 is 0 Å². The van der Waals surface area contributed by atoms with Gasteiger partial charge in [-0.1, -0.05) is 0 Å². The lowest BCUT2D eigenvalue weighted by Crippen LogP contribution is -2.22. The van der Waals surface area contributed by atoms with Crippen molar-refractivity contribution in [3.63, 3.8) is 0 Å². The van der Waals surface area contributed by atoms with Gasteiger partial charge >= 0.3 is 0 Å². The maximum Gasteiger partial charge on any atom is 0.262 e. The average Bonchev–Trinajstić information content (AvgIpc) is 2.51. The molecule has 12 heavy (non-hydrogen) atoms. The quantitative estimate of drug-likeness (QED) is 0.747. The lowest BCUT2D eigenvalue weighted by atomic mass is 10.3. The van der Waals surface area contributed by atoms with Crippen molar-refractivity contribution in [2.75, 3.05) is 6.54 Å². The number of nitriles is 1. The van der Waals surface area contributed by atoms with E-state index in [0.29, 0.717) is 17.0 Å². The smallest absolute Gasteiger partial charge is 0.262 e. The maximum atomic E-state index is 11.2. The third-order valence-corrected chi connectivity index (χ3v) is 2.24. The summed E-state index contributed by atoms with van der Waals surface area (Å²) in [6, 6.07) is 3.61. The third kappa shape index (κ3) is 1.63. The molecule has 1 aromatic rings. The summed E-state index contributed by atoms with van der Waals surface area (Å²) >= 11 is 1.29. The van der Waals surface area contributed by atoms with E-state index in [1.54, 1.807) is 11.4 Å². The van der Waals surface area contributed by atoms with Gasteiger partial charge in [-0.15, -0.1) is 11.3 Å². The zero-order chi connectivity index (χ0) is 8.97. The van der Waals surface area contributed by atoms with Crippen LogP contribution in [0.2, 0.25) is 0 Å². The Morgan fingerprint density at radius 1 is 1.83 bits per heavy atom. The van der Waals surface area contributed by atoms with Gasteiger partial charge in [-0.3, -0.25) is 4.79 Å². The summed E-state index contributed by atoms with van der Waals surface area (Å²) in [5, 5.41) is 13.0.